The maximum atomic E-state index is 11.9. The first-order valence-corrected chi connectivity index (χ1v) is 7.24. The van der Waals surface area contributed by atoms with Crippen molar-refractivity contribution in [3.8, 4) is 17.6 Å². The molecule has 126 valence electrons. The highest BCUT2D eigenvalue weighted by Crippen LogP contribution is 2.28. The van der Waals surface area contributed by atoms with E-state index in [1.807, 2.05) is 6.07 Å². The molecule has 0 bridgehead atoms. The molecule has 0 heterocycles. The lowest BCUT2D eigenvalue weighted by molar-refractivity contribution is -0.384. The zero-order valence-electron chi connectivity index (χ0n) is 12.9. The summed E-state index contributed by atoms with van der Waals surface area (Å²) in [5.74, 6) is -0.318. The number of nitro groups is 1. The zero-order valence-corrected chi connectivity index (χ0v) is 13.7. The van der Waals surface area contributed by atoms with Gasteiger partial charge in [-0.1, -0.05) is 17.7 Å². The molecule has 0 unspecified atom stereocenters. The number of hydrogen-bond acceptors (Lipinski definition) is 6. The predicted molar refractivity (Wildman–Crippen MR) is 90.5 cm³/mol. The summed E-state index contributed by atoms with van der Waals surface area (Å²) in [7, 11) is 1.39. The first kappa shape index (κ1) is 18.0. The van der Waals surface area contributed by atoms with E-state index >= 15 is 0 Å². The van der Waals surface area contributed by atoms with Crippen molar-refractivity contribution in [2.45, 2.75) is 0 Å². The van der Waals surface area contributed by atoms with Crippen molar-refractivity contribution in [1.82, 2.24) is 0 Å². The summed E-state index contributed by atoms with van der Waals surface area (Å²) in [5, 5.41) is 19.7. The van der Waals surface area contributed by atoms with E-state index in [-0.39, 0.29) is 22.2 Å². The average molecular weight is 359 g/mol. The number of carbonyl (C=O) groups excluding carboxylic acids is 1. The van der Waals surface area contributed by atoms with Crippen molar-refractivity contribution in [1.29, 1.82) is 5.26 Å². The lowest BCUT2D eigenvalue weighted by Gasteiger charge is -2.07. The van der Waals surface area contributed by atoms with Gasteiger partial charge in [0.2, 0.25) is 0 Å². The monoisotopic (exact) mass is 358 g/mol. The topological polar surface area (TPSA) is 102 Å². The summed E-state index contributed by atoms with van der Waals surface area (Å²) in [6, 6.07) is 10.5. The third-order valence-electron chi connectivity index (χ3n) is 3.08. The highest BCUT2D eigenvalue weighted by molar-refractivity contribution is 6.32. The minimum atomic E-state index is -0.708. The van der Waals surface area contributed by atoms with E-state index in [1.165, 1.54) is 49.6 Å². The quantitative estimate of drug-likeness (QED) is 0.265. The maximum absolute atomic E-state index is 11.9. The van der Waals surface area contributed by atoms with Crippen LogP contribution in [-0.2, 0) is 4.79 Å². The summed E-state index contributed by atoms with van der Waals surface area (Å²) in [6.45, 7) is 0. The molecule has 2 aromatic rings. The molecule has 0 fully saturated rings. The van der Waals surface area contributed by atoms with Crippen LogP contribution >= 0.6 is 11.6 Å². The van der Waals surface area contributed by atoms with Crippen LogP contribution in [0.15, 0.2) is 42.5 Å². The summed E-state index contributed by atoms with van der Waals surface area (Å²) < 4.78 is 10.2. The van der Waals surface area contributed by atoms with E-state index in [2.05, 4.69) is 0 Å². The Kier molecular flexibility index (Phi) is 5.71. The summed E-state index contributed by atoms with van der Waals surface area (Å²) in [4.78, 5) is 22.1. The van der Waals surface area contributed by atoms with Crippen LogP contribution in [0.25, 0.3) is 6.08 Å². The highest BCUT2D eigenvalue weighted by Gasteiger charge is 2.12. The van der Waals surface area contributed by atoms with Gasteiger partial charge in [-0.05, 0) is 29.8 Å². The Morgan fingerprint density at radius 3 is 2.68 bits per heavy atom. The molecule has 0 N–H and O–H groups in total. The van der Waals surface area contributed by atoms with Gasteiger partial charge in [-0.25, -0.2) is 4.79 Å². The minimum absolute atomic E-state index is 0.00652. The van der Waals surface area contributed by atoms with E-state index in [1.54, 1.807) is 0 Å². The molecule has 0 saturated heterocycles. The maximum Gasteiger partial charge on any atom is 0.336 e. The van der Waals surface area contributed by atoms with Gasteiger partial charge in [-0.2, -0.15) is 5.26 Å². The number of rotatable bonds is 5. The van der Waals surface area contributed by atoms with Crippen LogP contribution in [0.5, 0.6) is 11.5 Å². The van der Waals surface area contributed by atoms with Gasteiger partial charge in [0, 0.05) is 18.2 Å². The number of ether oxygens (including phenoxy) is 2. The molecule has 8 heteroatoms. The first-order chi connectivity index (χ1) is 11.9. The van der Waals surface area contributed by atoms with Gasteiger partial charge in [0.15, 0.2) is 11.5 Å². The molecular formula is C17H11ClN2O5. The van der Waals surface area contributed by atoms with Gasteiger partial charge in [-0.15, -0.1) is 0 Å². The molecule has 0 atom stereocenters. The third-order valence-corrected chi connectivity index (χ3v) is 3.40. The first-order valence-electron chi connectivity index (χ1n) is 6.86. The van der Waals surface area contributed by atoms with Gasteiger partial charge in [0.25, 0.3) is 5.69 Å². The number of carbonyl (C=O) groups is 1. The Morgan fingerprint density at radius 1 is 1.28 bits per heavy atom. The number of halogens is 1. The van der Waals surface area contributed by atoms with Crippen LogP contribution in [0, 0.1) is 21.4 Å². The van der Waals surface area contributed by atoms with E-state index < -0.39 is 10.9 Å². The third kappa shape index (κ3) is 4.56. The summed E-state index contributed by atoms with van der Waals surface area (Å²) >= 11 is 5.73. The Hall–Kier alpha value is -3.37. The fourth-order valence-electron chi connectivity index (χ4n) is 1.90. The van der Waals surface area contributed by atoms with Gasteiger partial charge in [-0.3, -0.25) is 10.1 Å². The van der Waals surface area contributed by atoms with Crippen molar-refractivity contribution in [2.24, 2.45) is 0 Å². The van der Waals surface area contributed by atoms with Crippen molar-refractivity contribution < 1.29 is 19.2 Å². The minimum Gasteiger partial charge on any atom is -0.493 e. The molecular weight excluding hydrogens is 348 g/mol. The number of methoxy groups -OCH3 is 1. The van der Waals surface area contributed by atoms with Crippen LogP contribution in [-0.4, -0.2) is 18.0 Å². The highest BCUT2D eigenvalue weighted by atomic mass is 35.5. The molecule has 0 aromatic heterocycles. The zero-order chi connectivity index (χ0) is 18.4. The SMILES string of the molecule is COc1cc(C#N)ccc1OC(=O)/C=C/c1ccc(Cl)c([N+](=O)[O-])c1. The molecule has 0 aliphatic heterocycles. The van der Waals surface area contributed by atoms with Crippen molar-refractivity contribution in [2.75, 3.05) is 7.11 Å². The molecule has 0 radical (unpaired) electrons. The standard InChI is InChI=1S/C17H11ClN2O5/c1-24-16-9-12(10-19)3-6-15(16)25-17(21)7-4-11-2-5-13(18)14(8-11)20(22)23/h2-9H,1H3/b7-4+. The number of esters is 1. The Balaban J connectivity index is 2.15. The fourth-order valence-corrected chi connectivity index (χ4v) is 2.09. The van der Waals surface area contributed by atoms with E-state index in [9.17, 15) is 14.9 Å². The largest absolute Gasteiger partial charge is 0.493 e. The van der Waals surface area contributed by atoms with E-state index in [0.717, 1.165) is 6.08 Å². The molecule has 0 aliphatic carbocycles. The van der Waals surface area contributed by atoms with Gasteiger partial charge >= 0.3 is 5.97 Å². The summed E-state index contributed by atoms with van der Waals surface area (Å²) in [5.41, 5.74) is 0.520. The number of nitriles is 1. The number of hydrogen-bond donors (Lipinski definition) is 0. The van der Waals surface area contributed by atoms with Crippen molar-refractivity contribution >= 4 is 29.3 Å². The van der Waals surface area contributed by atoms with Crippen molar-refractivity contribution in [3.63, 3.8) is 0 Å². The van der Waals surface area contributed by atoms with E-state index in [0.29, 0.717) is 11.1 Å². The molecule has 2 rings (SSSR count). The molecule has 25 heavy (non-hydrogen) atoms. The number of nitrogens with zero attached hydrogens (tertiary/aromatic N) is 2. The molecule has 0 spiro atoms. The Morgan fingerprint density at radius 2 is 2.04 bits per heavy atom. The van der Waals surface area contributed by atoms with Crippen LogP contribution in [0.1, 0.15) is 11.1 Å². The van der Waals surface area contributed by atoms with Crippen molar-refractivity contribution in [3.05, 3.63) is 68.7 Å². The molecule has 7 nitrogen and oxygen atoms in total. The van der Waals surface area contributed by atoms with Crippen LogP contribution in [0.3, 0.4) is 0 Å². The number of benzene rings is 2. The molecule has 0 amide bonds. The number of nitro benzene ring substituents is 1. The van der Waals surface area contributed by atoms with Crippen LogP contribution < -0.4 is 9.47 Å². The van der Waals surface area contributed by atoms with Gasteiger partial charge in [0.1, 0.15) is 5.02 Å². The lowest BCUT2D eigenvalue weighted by atomic mass is 10.2. The average Bonchev–Trinajstić information content (AvgIpc) is 2.61. The van der Waals surface area contributed by atoms with E-state index in [4.69, 9.17) is 26.3 Å². The second-order valence-corrected chi connectivity index (χ2v) is 5.11. The summed E-state index contributed by atoms with van der Waals surface area (Å²) in [6.07, 6.45) is 2.48. The second-order valence-electron chi connectivity index (χ2n) is 4.70. The molecule has 0 saturated carbocycles. The second kappa shape index (κ2) is 7.95. The molecule has 0 aliphatic rings. The van der Waals surface area contributed by atoms with Crippen LogP contribution in [0.2, 0.25) is 5.02 Å². The smallest absolute Gasteiger partial charge is 0.336 e. The van der Waals surface area contributed by atoms with Gasteiger partial charge in [0.05, 0.1) is 23.7 Å². The van der Waals surface area contributed by atoms with Gasteiger partial charge < -0.3 is 9.47 Å². The Labute approximate surface area is 147 Å². The molecule has 2 aromatic carbocycles. The normalized spacial score (nSPS) is 10.3. The lowest BCUT2D eigenvalue weighted by Crippen LogP contribution is -2.05. The fraction of sp³-hybridized carbons (Fsp3) is 0.0588. The predicted octanol–water partition coefficient (Wildman–Crippen LogP) is 3.75. The Bertz CT molecular complexity index is 902. The van der Waals surface area contributed by atoms with Crippen LogP contribution in [0.4, 0.5) is 5.69 Å².